The first-order chi connectivity index (χ1) is 8.50. The molecule has 4 nitrogen and oxygen atoms in total. The average molecular weight is 271 g/mol. The van der Waals surface area contributed by atoms with E-state index in [-0.39, 0.29) is 17.4 Å². The van der Waals surface area contributed by atoms with Crippen LogP contribution in [-0.4, -0.2) is 40.9 Å². The molecule has 4 heteroatoms. The highest BCUT2D eigenvalue weighted by atomic mass is 16.6. The first-order valence-electron chi connectivity index (χ1n) is 7.17. The van der Waals surface area contributed by atoms with Crippen molar-refractivity contribution in [1.82, 2.24) is 4.90 Å². The van der Waals surface area contributed by atoms with Crippen molar-refractivity contribution in [3.8, 4) is 0 Å². The van der Waals surface area contributed by atoms with Gasteiger partial charge in [-0.15, -0.1) is 0 Å². The summed E-state index contributed by atoms with van der Waals surface area (Å²) >= 11 is 0. The largest absolute Gasteiger partial charge is 0.444 e. The van der Waals surface area contributed by atoms with Crippen LogP contribution in [0, 0.1) is 11.3 Å². The summed E-state index contributed by atoms with van der Waals surface area (Å²) in [5, 5.41) is 10.4. The van der Waals surface area contributed by atoms with Crippen molar-refractivity contribution in [2.24, 2.45) is 11.3 Å². The molecule has 112 valence electrons. The van der Waals surface area contributed by atoms with Gasteiger partial charge in [0, 0.05) is 19.0 Å². The van der Waals surface area contributed by atoms with Gasteiger partial charge in [-0.1, -0.05) is 20.8 Å². The van der Waals surface area contributed by atoms with Crippen molar-refractivity contribution in [3.05, 3.63) is 0 Å². The summed E-state index contributed by atoms with van der Waals surface area (Å²) in [5.74, 6) is 0.140. The fraction of sp³-hybridized carbons (Fsp3) is 0.933. The lowest BCUT2D eigenvalue weighted by atomic mass is 9.78. The van der Waals surface area contributed by atoms with Crippen molar-refractivity contribution in [1.29, 1.82) is 0 Å². The fourth-order valence-corrected chi connectivity index (χ4v) is 2.47. The topological polar surface area (TPSA) is 49.8 Å². The number of aliphatic hydroxyl groups excluding tert-OH is 1. The minimum absolute atomic E-state index is 0.140. The SMILES string of the molecule is CC(C)(C)OC(=O)N1CCC[C@@H]([C@@H](O)C(C)(C)C)C1. The number of nitrogens with zero attached hydrogens (tertiary/aromatic N) is 1. The molecule has 0 aromatic carbocycles. The fourth-order valence-electron chi connectivity index (χ4n) is 2.47. The second-order valence-electron chi connectivity index (χ2n) is 7.64. The van der Waals surface area contributed by atoms with Gasteiger partial charge in [0.25, 0.3) is 0 Å². The van der Waals surface area contributed by atoms with E-state index in [1.54, 1.807) is 4.90 Å². The number of aliphatic hydroxyl groups is 1. The third kappa shape index (κ3) is 5.01. The smallest absolute Gasteiger partial charge is 0.410 e. The zero-order valence-corrected chi connectivity index (χ0v) is 13.2. The summed E-state index contributed by atoms with van der Waals surface area (Å²) in [6.07, 6.45) is 1.24. The lowest BCUT2D eigenvalue weighted by molar-refractivity contribution is -0.0280. The molecule has 1 aliphatic rings. The molecule has 1 heterocycles. The Labute approximate surface area is 117 Å². The highest BCUT2D eigenvalue weighted by molar-refractivity contribution is 5.68. The quantitative estimate of drug-likeness (QED) is 0.797. The summed E-state index contributed by atoms with van der Waals surface area (Å²) in [4.78, 5) is 13.8. The Bertz CT molecular complexity index is 314. The molecule has 1 N–H and O–H groups in total. The first-order valence-corrected chi connectivity index (χ1v) is 7.17. The summed E-state index contributed by atoms with van der Waals surface area (Å²) < 4.78 is 5.40. The molecular weight excluding hydrogens is 242 g/mol. The minimum atomic E-state index is -0.466. The number of amides is 1. The average Bonchev–Trinajstić information content (AvgIpc) is 2.24. The number of ether oxygens (including phenoxy) is 1. The standard InChI is InChI=1S/C15H29NO3/c1-14(2,3)12(17)11-8-7-9-16(10-11)13(18)19-15(4,5)6/h11-12,17H,7-10H2,1-6H3/t11-,12-/m1/s1. The van der Waals surface area contributed by atoms with E-state index in [1.807, 2.05) is 41.5 Å². The zero-order chi connectivity index (χ0) is 14.8. The summed E-state index contributed by atoms with van der Waals surface area (Å²) in [7, 11) is 0. The normalized spacial score (nSPS) is 23.1. The van der Waals surface area contributed by atoms with E-state index < -0.39 is 11.7 Å². The van der Waals surface area contributed by atoms with Gasteiger partial charge in [0.1, 0.15) is 5.60 Å². The van der Waals surface area contributed by atoms with Crippen molar-refractivity contribution in [2.75, 3.05) is 13.1 Å². The summed E-state index contributed by atoms with van der Waals surface area (Å²) in [6.45, 7) is 13.0. The van der Waals surface area contributed by atoms with E-state index >= 15 is 0 Å². The van der Waals surface area contributed by atoms with Crippen molar-refractivity contribution < 1.29 is 14.6 Å². The predicted molar refractivity (Wildman–Crippen MR) is 76.0 cm³/mol. The van der Waals surface area contributed by atoms with Gasteiger partial charge in [-0.2, -0.15) is 0 Å². The van der Waals surface area contributed by atoms with Crippen LogP contribution in [0.1, 0.15) is 54.4 Å². The van der Waals surface area contributed by atoms with Crippen molar-refractivity contribution in [3.63, 3.8) is 0 Å². The van der Waals surface area contributed by atoms with Crippen LogP contribution in [0.2, 0.25) is 0 Å². The van der Waals surface area contributed by atoms with Crippen LogP contribution >= 0.6 is 0 Å². The monoisotopic (exact) mass is 271 g/mol. The molecule has 0 aromatic heterocycles. The summed E-state index contributed by atoms with van der Waals surface area (Å²) in [5.41, 5.74) is -0.617. The van der Waals surface area contributed by atoms with Gasteiger partial charge in [-0.05, 0) is 39.0 Å². The van der Waals surface area contributed by atoms with Gasteiger partial charge >= 0.3 is 6.09 Å². The van der Waals surface area contributed by atoms with E-state index in [0.717, 1.165) is 19.4 Å². The van der Waals surface area contributed by atoms with E-state index in [2.05, 4.69) is 0 Å². The van der Waals surface area contributed by atoms with Crippen LogP contribution in [-0.2, 0) is 4.74 Å². The van der Waals surface area contributed by atoms with Crippen LogP contribution < -0.4 is 0 Å². The molecule has 2 atom stereocenters. The maximum absolute atomic E-state index is 12.1. The Hall–Kier alpha value is -0.770. The Morgan fingerprint density at radius 2 is 1.84 bits per heavy atom. The number of hydrogen-bond acceptors (Lipinski definition) is 3. The molecule has 0 aliphatic carbocycles. The molecule has 0 aromatic rings. The molecule has 1 amide bonds. The van der Waals surface area contributed by atoms with Crippen molar-refractivity contribution in [2.45, 2.75) is 66.1 Å². The third-order valence-corrected chi connectivity index (χ3v) is 3.44. The van der Waals surface area contributed by atoms with Gasteiger partial charge < -0.3 is 14.7 Å². The van der Waals surface area contributed by atoms with Crippen LogP contribution in [0.4, 0.5) is 4.79 Å². The first kappa shape index (κ1) is 16.3. The molecule has 1 fully saturated rings. The zero-order valence-electron chi connectivity index (χ0n) is 13.2. The van der Waals surface area contributed by atoms with Crippen LogP contribution in [0.3, 0.4) is 0 Å². The Kier molecular flexibility index (Phi) is 4.88. The van der Waals surface area contributed by atoms with E-state index in [0.29, 0.717) is 6.54 Å². The maximum atomic E-state index is 12.1. The van der Waals surface area contributed by atoms with Gasteiger partial charge in [0.05, 0.1) is 6.10 Å². The lowest BCUT2D eigenvalue weighted by Crippen LogP contribution is -2.48. The number of rotatable bonds is 1. The number of likely N-dealkylation sites (tertiary alicyclic amines) is 1. The lowest BCUT2D eigenvalue weighted by Gasteiger charge is -2.40. The number of carbonyl (C=O) groups is 1. The van der Waals surface area contributed by atoms with Gasteiger partial charge in [0.15, 0.2) is 0 Å². The molecule has 1 aliphatic heterocycles. The van der Waals surface area contributed by atoms with E-state index in [9.17, 15) is 9.90 Å². The van der Waals surface area contributed by atoms with Crippen LogP contribution in [0.25, 0.3) is 0 Å². The van der Waals surface area contributed by atoms with Gasteiger partial charge in [0.2, 0.25) is 0 Å². The van der Waals surface area contributed by atoms with E-state index in [1.165, 1.54) is 0 Å². The maximum Gasteiger partial charge on any atom is 0.410 e. The molecule has 0 bridgehead atoms. The Balaban J connectivity index is 2.62. The molecule has 1 rings (SSSR count). The Morgan fingerprint density at radius 1 is 1.26 bits per heavy atom. The Morgan fingerprint density at radius 3 is 2.32 bits per heavy atom. The molecule has 0 radical (unpaired) electrons. The van der Waals surface area contributed by atoms with Gasteiger partial charge in [-0.25, -0.2) is 4.79 Å². The second-order valence-corrected chi connectivity index (χ2v) is 7.64. The molecule has 0 unspecified atom stereocenters. The molecule has 19 heavy (non-hydrogen) atoms. The predicted octanol–water partition coefficient (Wildman–Crippen LogP) is 3.04. The number of hydrogen-bond donors (Lipinski definition) is 1. The molecular formula is C15H29NO3. The van der Waals surface area contributed by atoms with Crippen LogP contribution in [0.5, 0.6) is 0 Å². The highest BCUT2D eigenvalue weighted by Gasteiger charge is 2.35. The molecule has 0 saturated carbocycles. The number of carbonyl (C=O) groups excluding carboxylic acids is 1. The van der Waals surface area contributed by atoms with E-state index in [4.69, 9.17) is 4.74 Å². The molecule has 1 saturated heterocycles. The highest BCUT2D eigenvalue weighted by Crippen LogP contribution is 2.31. The number of piperidine rings is 1. The van der Waals surface area contributed by atoms with Crippen molar-refractivity contribution >= 4 is 6.09 Å². The molecule has 0 spiro atoms. The second kappa shape index (κ2) is 5.70. The summed E-state index contributed by atoms with van der Waals surface area (Å²) in [6, 6.07) is 0. The van der Waals surface area contributed by atoms with Gasteiger partial charge in [-0.3, -0.25) is 0 Å². The van der Waals surface area contributed by atoms with Crippen LogP contribution in [0.15, 0.2) is 0 Å². The minimum Gasteiger partial charge on any atom is -0.444 e. The third-order valence-electron chi connectivity index (χ3n) is 3.44.